The Morgan fingerprint density at radius 3 is 2.38 bits per heavy atom. The van der Waals surface area contributed by atoms with Gasteiger partial charge in [0.05, 0.1) is 5.69 Å². The van der Waals surface area contributed by atoms with E-state index >= 15 is 0 Å². The third-order valence-corrected chi connectivity index (χ3v) is 4.14. The van der Waals surface area contributed by atoms with Gasteiger partial charge in [0.1, 0.15) is 0 Å². The summed E-state index contributed by atoms with van der Waals surface area (Å²) in [5, 5.41) is 6.52. The molecule has 0 unspecified atom stereocenters. The molecule has 3 rings (SSSR count). The Morgan fingerprint density at radius 2 is 1.62 bits per heavy atom. The van der Waals surface area contributed by atoms with Crippen LogP contribution in [0.3, 0.4) is 0 Å². The number of anilines is 1. The van der Waals surface area contributed by atoms with Crippen molar-refractivity contribution in [2.45, 2.75) is 12.8 Å². The minimum Gasteiger partial charge on any atom is -0.361 e. The zero-order valence-electron chi connectivity index (χ0n) is 11.8. The van der Waals surface area contributed by atoms with Crippen LogP contribution in [-0.4, -0.2) is 11.5 Å². The summed E-state index contributed by atoms with van der Waals surface area (Å²) >= 11 is 1.67. The number of benzene rings is 2. The third kappa shape index (κ3) is 3.92. The second-order valence-corrected chi connectivity index (χ2v) is 5.78. The number of hydrogen-bond donors (Lipinski definition) is 1. The van der Waals surface area contributed by atoms with Crippen LogP contribution in [0.15, 0.2) is 66.0 Å². The molecule has 21 heavy (non-hydrogen) atoms. The lowest BCUT2D eigenvalue weighted by Gasteiger charge is -2.03. The summed E-state index contributed by atoms with van der Waals surface area (Å²) in [5.41, 5.74) is 3.61. The molecule has 3 aromatic rings. The predicted octanol–water partition coefficient (Wildman–Crippen LogP) is 4.85. The van der Waals surface area contributed by atoms with Gasteiger partial charge in [-0.15, -0.1) is 11.3 Å². The maximum Gasteiger partial charge on any atom is 0.183 e. The van der Waals surface area contributed by atoms with Gasteiger partial charge in [-0.2, -0.15) is 0 Å². The van der Waals surface area contributed by atoms with E-state index in [1.54, 1.807) is 11.3 Å². The van der Waals surface area contributed by atoms with E-state index in [1.165, 1.54) is 11.1 Å². The highest BCUT2D eigenvalue weighted by atomic mass is 32.1. The number of aromatic nitrogens is 1. The maximum absolute atomic E-state index is 4.63. The summed E-state index contributed by atoms with van der Waals surface area (Å²) < 4.78 is 0. The molecule has 0 saturated heterocycles. The predicted molar refractivity (Wildman–Crippen MR) is 90.8 cm³/mol. The van der Waals surface area contributed by atoms with Crippen LogP contribution in [-0.2, 0) is 6.42 Å². The van der Waals surface area contributed by atoms with Crippen LogP contribution in [0.2, 0.25) is 0 Å². The van der Waals surface area contributed by atoms with Crippen LogP contribution in [0.25, 0.3) is 11.3 Å². The third-order valence-electron chi connectivity index (χ3n) is 3.34. The molecule has 0 spiro atoms. The Bertz CT molecular complexity index is 662. The smallest absolute Gasteiger partial charge is 0.183 e. The Kier molecular flexibility index (Phi) is 4.64. The van der Waals surface area contributed by atoms with E-state index in [9.17, 15) is 0 Å². The topological polar surface area (TPSA) is 24.9 Å². The molecule has 0 radical (unpaired) electrons. The van der Waals surface area contributed by atoms with Crippen molar-refractivity contribution in [3.05, 3.63) is 71.6 Å². The molecule has 0 atom stereocenters. The molecule has 1 aromatic heterocycles. The Morgan fingerprint density at radius 1 is 0.905 bits per heavy atom. The summed E-state index contributed by atoms with van der Waals surface area (Å²) in [7, 11) is 0. The first-order valence-corrected chi connectivity index (χ1v) is 8.08. The van der Waals surface area contributed by atoms with Crippen LogP contribution in [0.4, 0.5) is 5.13 Å². The fraction of sp³-hybridized carbons (Fsp3) is 0.167. The lowest BCUT2D eigenvalue weighted by atomic mass is 10.1. The van der Waals surface area contributed by atoms with Gasteiger partial charge in [0.2, 0.25) is 0 Å². The summed E-state index contributed by atoms with van der Waals surface area (Å²) in [6.07, 6.45) is 2.22. The highest BCUT2D eigenvalue weighted by Crippen LogP contribution is 2.24. The number of nitrogens with zero attached hydrogens (tertiary/aromatic N) is 1. The number of aryl methyl sites for hydroxylation is 1. The van der Waals surface area contributed by atoms with Gasteiger partial charge in [0.25, 0.3) is 0 Å². The fourth-order valence-corrected chi connectivity index (χ4v) is 2.98. The molecular formula is C18H18N2S. The number of thiazole rings is 1. The van der Waals surface area contributed by atoms with E-state index in [-0.39, 0.29) is 0 Å². The zero-order valence-corrected chi connectivity index (χ0v) is 12.6. The van der Waals surface area contributed by atoms with Crippen molar-refractivity contribution in [1.29, 1.82) is 0 Å². The maximum atomic E-state index is 4.63. The lowest BCUT2D eigenvalue weighted by Crippen LogP contribution is -2.02. The molecule has 0 saturated carbocycles. The summed E-state index contributed by atoms with van der Waals surface area (Å²) in [6, 6.07) is 20.9. The highest BCUT2D eigenvalue weighted by Gasteiger charge is 2.03. The monoisotopic (exact) mass is 294 g/mol. The average molecular weight is 294 g/mol. The number of nitrogens with one attached hydrogen (secondary N) is 1. The first-order valence-electron chi connectivity index (χ1n) is 7.20. The molecule has 1 heterocycles. The van der Waals surface area contributed by atoms with Crippen molar-refractivity contribution in [2.75, 3.05) is 11.9 Å². The minimum absolute atomic E-state index is 0.955. The van der Waals surface area contributed by atoms with Gasteiger partial charge < -0.3 is 5.32 Å². The Labute approximate surface area is 129 Å². The molecule has 2 nitrogen and oxygen atoms in total. The molecule has 2 aromatic carbocycles. The summed E-state index contributed by atoms with van der Waals surface area (Å²) in [6.45, 7) is 0.955. The first kappa shape index (κ1) is 13.8. The lowest BCUT2D eigenvalue weighted by molar-refractivity contribution is 0.862. The van der Waals surface area contributed by atoms with Crippen molar-refractivity contribution >= 4 is 16.5 Å². The molecule has 0 fully saturated rings. The normalized spacial score (nSPS) is 10.5. The van der Waals surface area contributed by atoms with Crippen molar-refractivity contribution in [3.8, 4) is 11.3 Å². The molecule has 106 valence electrons. The van der Waals surface area contributed by atoms with Crippen LogP contribution in [0.5, 0.6) is 0 Å². The van der Waals surface area contributed by atoms with Crippen LogP contribution >= 0.6 is 11.3 Å². The van der Waals surface area contributed by atoms with Gasteiger partial charge in [-0.25, -0.2) is 4.98 Å². The molecule has 0 bridgehead atoms. The van der Waals surface area contributed by atoms with Crippen LogP contribution in [0.1, 0.15) is 12.0 Å². The van der Waals surface area contributed by atoms with Gasteiger partial charge in [0, 0.05) is 17.5 Å². The molecule has 0 amide bonds. The second-order valence-electron chi connectivity index (χ2n) is 4.92. The van der Waals surface area contributed by atoms with E-state index in [0.29, 0.717) is 0 Å². The van der Waals surface area contributed by atoms with Crippen molar-refractivity contribution < 1.29 is 0 Å². The van der Waals surface area contributed by atoms with Gasteiger partial charge in [0.15, 0.2) is 5.13 Å². The molecule has 3 heteroatoms. The highest BCUT2D eigenvalue weighted by molar-refractivity contribution is 7.14. The fourth-order valence-electron chi connectivity index (χ4n) is 2.23. The van der Waals surface area contributed by atoms with Crippen LogP contribution in [0, 0.1) is 0 Å². The van der Waals surface area contributed by atoms with E-state index in [2.05, 4.69) is 58.1 Å². The number of rotatable bonds is 6. The first-order chi connectivity index (χ1) is 10.4. The number of hydrogen-bond acceptors (Lipinski definition) is 3. The zero-order chi connectivity index (χ0) is 14.3. The molecule has 0 aliphatic carbocycles. The van der Waals surface area contributed by atoms with Crippen molar-refractivity contribution in [3.63, 3.8) is 0 Å². The summed E-state index contributed by atoms with van der Waals surface area (Å²) in [5.74, 6) is 0. The largest absolute Gasteiger partial charge is 0.361 e. The van der Waals surface area contributed by atoms with Crippen molar-refractivity contribution in [1.82, 2.24) is 4.98 Å². The molecule has 0 aliphatic heterocycles. The molecule has 0 aliphatic rings. The minimum atomic E-state index is 0.955. The standard InChI is InChI=1S/C18H18N2S/c1-3-8-15(9-4-1)10-7-13-19-18-20-17(14-21-18)16-11-5-2-6-12-16/h1-6,8-9,11-12,14H,7,10,13H2,(H,19,20). The summed E-state index contributed by atoms with van der Waals surface area (Å²) in [4.78, 5) is 4.63. The van der Waals surface area contributed by atoms with Gasteiger partial charge >= 0.3 is 0 Å². The average Bonchev–Trinajstić information content (AvgIpc) is 3.02. The quantitative estimate of drug-likeness (QED) is 0.657. The molecule has 1 N–H and O–H groups in total. The Hall–Kier alpha value is -2.13. The van der Waals surface area contributed by atoms with E-state index in [0.717, 1.165) is 30.2 Å². The Balaban J connectivity index is 1.49. The SMILES string of the molecule is c1ccc(CCCNc2nc(-c3ccccc3)cs2)cc1. The molecular weight excluding hydrogens is 276 g/mol. The van der Waals surface area contributed by atoms with Gasteiger partial charge in [-0.05, 0) is 18.4 Å². The van der Waals surface area contributed by atoms with Gasteiger partial charge in [-0.1, -0.05) is 60.7 Å². The second kappa shape index (κ2) is 7.04. The van der Waals surface area contributed by atoms with Crippen molar-refractivity contribution in [2.24, 2.45) is 0 Å². The van der Waals surface area contributed by atoms with Crippen LogP contribution < -0.4 is 5.32 Å². The van der Waals surface area contributed by atoms with E-state index in [1.807, 2.05) is 18.2 Å². The van der Waals surface area contributed by atoms with Gasteiger partial charge in [-0.3, -0.25) is 0 Å². The van der Waals surface area contributed by atoms with E-state index < -0.39 is 0 Å². The van der Waals surface area contributed by atoms with E-state index in [4.69, 9.17) is 0 Å².